The average molecular weight is 920 g/mol. The molecule has 52 heavy (non-hydrogen) atoms. The van der Waals surface area contributed by atoms with Crippen molar-refractivity contribution in [1.29, 1.82) is 0 Å². The Morgan fingerprint density at radius 3 is 0.442 bits per heavy atom. The molecule has 0 bridgehead atoms. The van der Waals surface area contributed by atoms with Crippen molar-refractivity contribution in [3.63, 3.8) is 0 Å². The van der Waals surface area contributed by atoms with E-state index in [2.05, 4.69) is 0 Å². The van der Waals surface area contributed by atoms with Gasteiger partial charge in [0.25, 0.3) is 0 Å². The Bertz CT molecular complexity index is 568. The molecule has 2 N–H and O–H groups in total. The van der Waals surface area contributed by atoms with Gasteiger partial charge in [-0.05, 0) is 52.4 Å². The van der Waals surface area contributed by atoms with E-state index in [4.69, 9.17) is 54.5 Å². The smallest absolute Gasteiger partial charge is 0.854 e. The fourth-order valence-electron chi connectivity index (χ4n) is 2.94. The quantitative estimate of drug-likeness (QED) is 0.0441. The number of rotatable bonds is 22. The van der Waals surface area contributed by atoms with Gasteiger partial charge in [0.15, 0.2) is 0 Å². The van der Waals surface area contributed by atoms with Gasteiger partial charge in [-0.15, -0.1) is 52.9 Å². The summed E-state index contributed by atoms with van der Waals surface area (Å²) in [6.45, 7) is 3.25. The zero-order chi connectivity index (χ0) is 39.3. The molecule has 0 amide bonds. The fraction of sp³-hybridized carbons (Fsp3) is 1.00. The molecular formula is C22H48Fe4N16O10+2. The van der Waals surface area contributed by atoms with Gasteiger partial charge in [-0.3, -0.25) is 19.6 Å². The minimum absolute atomic E-state index is 0. The molecule has 0 fully saturated rings. The Morgan fingerprint density at radius 1 is 0.308 bits per heavy atom. The normalized spacial score (nSPS) is 8.00. The van der Waals surface area contributed by atoms with Gasteiger partial charge >= 0.3 is 68.3 Å². The first-order chi connectivity index (χ1) is 23.2. The van der Waals surface area contributed by atoms with Gasteiger partial charge < -0.3 is 115 Å². The second-order valence-corrected chi connectivity index (χ2v) is 7.36. The van der Waals surface area contributed by atoms with Crippen LogP contribution in [0.2, 0.25) is 0 Å². The molecule has 306 valence electrons. The molecule has 0 rings (SSSR count). The van der Waals surface area contributed by atoms with Gasteiger partial charge in [-0.25, -0.2) is 0 Å². The largest absolute Gasteiger partial charge is 4.00 e. The van der Waals surface area contributed by atoms with Crippen LogP contribution < -0.4 is 40.9 Å². The summed E-state index contributed by atoms with van der Waals surface area (Å²) in [5.41, 5.74) is 54.0. The van der Waals surface area contributed by atoms with E-state index in [1.807, 2.05) is 0 Å². The zero-order valence-corrected chi connectivity index (χ0v) is 33.3. The average Bonchev–Trinajstić information content (AvgIpc) is 3.07. The number of hydrogen-bond acceptors (Lipinski definition) is 14. The van der Waals surface area contributed by atoms with Gasteiger partial charge in [-0.1, -0.05) is 0 Å². The molecule has 26 nitrogen and oxygen atoms in total. The van der Waals surface area contributed by atoms with Gasteiger partial charge in [0, 0.05) is 40.4 Å². The Labute approximate surface area is 347 Å². The summed E-state index contributed by atoms with van der Waals surface area (Å²) in [7, 11) is 2.00. The molecule has 0 unspecified atom stereocenters. The molecule has 0 spiro atoms. The number of hydrogen-bond donors (Lipinski definition) is 2. The van der Waals surface area contributed by atoms with Crippen LogP contribution >= 0.6 is 0 Å². The van der Waals surface area contributed by atoms with E-state index in [-0.39, 0.29) is 121 Å². The van der Waals surface area contributed by atoms with Crippen molar-refractivity contribution in [2.45, 2.75) is 0 Å². The van der Waals surface area contributed by atoms with Crippen LogP contribution in [0.25, 0.3) is 63.9 Å². The van der Waals surface area contributed by atoms with E-state index in [0.29, 0.717) is 78.5 Å². The van der Waals surface area contributed by atoms with Crippen molar-refractivity contribution in [3.05, 3.63) is 63.9 Å². The minimum Gasteiger partial charge on any atom is -0.854 e. The predicted molar refractivity (Wildman–Crippen MR) is 161 cm³/mol. The summed E-state index contributed by atoms with van der Waals surface area (Å²) in [5, 5.41) is 97.6. The first-order valence-electron chi connectivity index (χ1n) is 13.6. The SMILES string of the molecule is CO.CO.[Fe+3].[Fe+3].[Fe+4].[Fe+4].[N-]=[N+]=[N-].[N-]=[N+]=[N-].[N-]=[N+]=[N-].[N-]=[N+]=[N-].[O-]CCN(CC[O-])CCN(CC[O-])CC[O-].[O-]CCN(CC[O-])CCN(CC[O-])CC[O-]. The number of nitrogens with zero attached hydrogens (tertiary/aromatic N) is 16. The molecule has 0 aromatic heterocycles. The predicted octanol–water partition coefficient (Wildman–Crippen LogP) is -7.27. The van der Waals surface area contributed by atoms with Crippen molar-refractivity contribution in [3.8, 4) is 0 Å². The van der Waals surface area contributed by atoms with Crippen LogP contribution in [0.5, 0.6) is 0 Å². The molecule has 0 saturated heterocycles. The maximum absolute atomic E-state index is 10.5. The Hall–Kier alpha value is -1.24. The standard InChI is InChI=1S/2C10H20N2O4.2CH4O.4Fe.4N3/c2*13-7-3-11(4-8-14)1-2-12(5-9-15)6-10-16;2*1-2;;;;;4*1-3-2/h2*1-10H2;2*2H,1H3;;;;;;;;/q2*-4;;;2*+3;2*+4;4*-1. The van der Waals surface area contributed by atoms with Crippen molar-refractivity contribution in [2.75, 3.05) is 146 Å². The van der Waals surface area contributed by atoms with Crippen LogP contribution in [0, 0.1) is 0 Å². The van der Waals surface area contributed by atoms with Crippen LogP contribution in [-0.2, 0) is 68.3 Å². The molecule has 30 heteroatoms. The topological polar surface area (TPSA) is 473 Å². The first kappa shape index (κ1) is 83.7. The van der Waals surface area contributed by atoms with Crippen molar-refractivity contribution < 1.29 is 119 Å². The summed E-state index contributed by atoms with van der Waals surface area (Å²) < 4.78 is 0. The molecule has 0 atom stereocenters. The molecular weight excluding hydrogens is 872 g/mol. The fourth-order valence-corrected chi connectivity index (χ4v) is 2.94. The monoisotopic (exact) mass is 920 g/mol. The summed E-state index contributed by atoms with van der Waals surface area (Å²) in [6, 6.07) is 0. The third-order valence-corrected chi connectivity index (χ3v) is 4.73. The van der Waals surface area contributed by atoms with Crippen LogP contribution in [-0.4, -0.2) is 175 Å². The van der Waals surface area contributed by atoms with Gasteiger partial charge in [0.05, 0.1) is 0 Å². The van der Waals surface area contributed by atoms with Crippen molar-refractivity contribution in [1.82, 2.24) is 19.6 Å². The van der Waals surface area contributed by atoms with Crippen molar-refractivity contribution in [2.24, 2.45) is 0 Å². The molecule has 0 aromatic rings. The summed E-state index contributed by atoms with van der Waals surface area (Å²) in [5.74, 6) is 0. The maximum atomic E-state index is 10.5. The Balaban J connectivity index is -0.0000000415. The van der Waals surface area contributed by atoms with E-state index in [0.717, 1.165) is 14.2 Å². The van der Waals surface area contributed by atoms with E-state index in [1.54, 1.807) is 19.6 Å². The second kappa shape index (κ2) is 97.9. The Kier molecular flexibility index (Phi) is 158. The van der Waals surface area contributed by atoms with Gasteiger partial charge in [0.1, 0.15) is 0 Å². The van der Waals surface area contributed by atoms with Crippen LogP contribution in [0.15, 0.2) is 0 Å². The van der Waals surface area contributed by atoms with E-state index < -0.39 is 0 Å². The molecule has 0 aromatic carbocycles. The Morgan fingerprint density at radius 2 is 0.385 bits per heavy atom. The zero-order valence-electron chi connectivity index (χ0n) is 28.9. The molecule has 2 radical (unpaired) electrons. The van der Waals surface area contributed by atoms with E-state index in [1.165, 1.54) is 19.6 Å². The summed E-state index contributed by atoms with van der Waals surface area (Å²) >= 11 is 0. The minimum atomic E-state index is -0.233. The van der Waals surface area contributed by atoms with E-state index in [9.17, 15) is 40.9 Å². The van der Waals surface area contributed by atoms with Crippen molar-refractivity contribution >= 4 is 0 Å². The first-order valence-corrected chi connectivity index (χ1v) is 13.6. The maximum Gasteiger partial charge on any atom is 4.00 e. The number of aliphatic hydroxyl groups is 2. The van der Waals surface area contributed by atoms with E-state index >= 15 is 0 Å². The molecule has 0 heterocycles. The summed E-state index contributed by atoms with van der Waals surface area (Å²) in [6.07, 6.45) is 0. The van der Waals surface area contributed by atoms with Crippen LogP contribution in [0.3, 0.4) is 0 Å². The molecule has 0 aliphatic rings. The molecule has 0 aliphatic carbocycles. The van der Waals surface area contributed by atoms with Crippen LogP contribution in [0.4, 0.5) is 0 Å². The van der Waals surface area contributed by atoms with Gasteiger partial charge in [-0.2, -0.15) is 0 Å². The summed E-state index contributed by atoms with van der Waals surface area (Å²) in [4.78, 5) is 13.1. The molecule has 0 aliphatic heterocycles. The third-order valence-electron chi connectivity index (χ3n) is 4.73. The molecule has 0 saturated carbocycles. The van der Waals surface area contributed by atoms with Gasteiger partial charge in [0.2, 0.25) is 0 Å². The van der Waals surface area contributed by atoms with Crippen LogP contribution in [0.1, 0.15) is 0 Å². The number of aliphatic hydroxyl groups excluding tert-OH is 2. The third kappa shape index (κ3) is 104. The second-order valence-electron chi connectivity index (χ2n) is 7.36.